The van der Waals surface area contributed by atoms with E-state index in [4.69, 9.17) is 0 Å². The fourth-order valence-corrected chi connectivity index (χ4v) is 3.86. The van der Waals surface area contributed by atoms with Gasteiger partial charge in [-0.25, -0.2) is 4.68 Å². The monoisotopic (exact) mass is 348 g/mol. The lowest BCUT2D eigenvalue weighted by Crippen LogP contribution is -2.39. The van der Waals surface area contributed by atoms with E-state index in [-0.39, 0.29) is 6.04 Å². The number of hydrogen-bond acceptors (Lipinski definition) is 3. The van der Waals surface area contributed by atoms with E-state index in [1.54, 1.807) is 6.20 Å². The van der Waals surface area contributed by atoms with Crippen LogP contribution in [-0.2, 0) is 16.6 Å². The Balaban J connectivity index is 1.97. The number of aromatic nitrogens is 2. The molecule has 1 heterocycles. The Morgan fingerprint density at radius 2 is 2.00 bits per heavy atom. The minimum Gasteiger partial charge on any atom is -0.237 e. The molecular formula is C17H24N4O2S. The summed E-state index contributed by atoms with van der Waals surface area (Å²) in [4.78, 5) is 0. The molecule has 1 N–H and O–H groups in total. The standard InChI is InChI=1S/C17H24N4O2S/c1-12-8-9-14(10-13(12)2)21-17-7-5-6-16(15(17)11-18-21)19-24(22,23)20(3)4/h8-11,16,19H,5-7H2,1-4H3/t16-/m0/s1. The van der Waals surface area contributed by atoms with E-state index in [0.717, 1.165) is 36.2 Å². The molecule has 0 saturated carbocycles. The number of rotatable bonds is 4. The van der Waals surface area contributed by atoms with Crippen LogP contribution in [0.4, 0.5) is 0 Å². The zero-order chi connectivity index (χ0) is 17.5. The van der Waals surface area contributed by atoms with Crippen LogP contribution in [0.2, 0.25) is 0 Å². The van der Waals surface area contributed by atoms with E-state index in [2.05, 4.69) is 41.9 Å². The first-order valence-electron chi connectivity index (χ1n) is 8.14. The summed E-state index contributed by atoms with van der Waals surface area (Å²) in [6.07, 6.45) is 4.43. The maximum absolute atomic E-state index is 12.2. The van der Waals surface area contributed by atoms with Gasteiger partial charge in [-0.3, -0.25) is 0 Å². The average molecular weight is 348 g/mol. The molecule has 2 aromatic rings. The number of fused-ring (bicyclic) bond motifs is 1. The highest BCUT2D eigenvalue weighted by Crippen LogP contribution is 2.32. The van der Waals surface area contributed by atoms with E-state index < -0.39 is 10.2 Å². The number of hydrogen-bond donors (Lipinski definition) is 1. The molecule has 0 radical (unpaired) electrons. The van der Waals surface area contributed by atoms with Crippen LogP contribution < -0.4 is 4.72 Å². The van der Waals surface area contributed by atoms with Crippen molar-refractivity contribution in [1.82, 2.24) is 18.8 Å². The van der Waals surface area contributed by atoms with Crippen molar-refractivity contribution in [2.75, 3.05) is 14.1 Å². The van der Waals surface area contributed by atoms with Crippen LogP contribution in [0.3, 0.4) is 0 Å². The van der Waals surface area contributed by atoms with Gasteiger partial charge < -0.3 is 0 Å². The van der Waals surface area contributed by atoms with Crippen molar-refractivity contribution in [3.05, 3.63) is 46.8 Å². The third kappa shape index (κ3) is 3.11. The van der Waals surface area contributed by atoms with Crippen molar-refractivity contribution in [2.24, 2.45) is 0 Å². The van der Waals surface area contributed by atoms with Crippen molar-refractivity contribution in [3.8, 4) is 5.69 Å². The van der Waals surface area contributed by atoms with Crippen LogP contribution in [0.5, 0.6) is 0 Å². The zero-order valence-electron chi connectivity index (χ0n) is 14.6. The number of benzene rings is 1. The van der Waals surface area contributed by atoms with Gasteiger partial charge in [0, 0.05) is 25.4 Å². The zero-order valence-corrected chi connectivity index (χ0v) is 15.4. The summed E-state index contributed by atoms with van der Waals surface area (Å²) in [6, 6.07) is 6.05. The smallest absolute Gasteiger partial charge is 0.237 e. The molecule has 0 fully saturated rings. The van der Waals surface area contributed by atoms with Gasteiger partial charge in [0.2, 0.25) is 0 Å². The summed E-state index contributed by atoms with van der Waals surface area (Å²) in [7, 11) is -0.397. The van der Waals surface area contributed by atoms with Crippen molar-refractivity contribution in [3.63, 3.8) is 0 Å². The van der Waals surface area contributed by atoms with Gasteiger partial charge in [-0.05, 0) is 56.4 Å². The minimum atomic E-state index is -3.46. The lowest BCUT2D eigenvalue weighted by molar-refractivity contribution is 0.464. The quantitative estimate of drug-likeness (QED) is 0.922. The second kappa shape index (κ2) is 6.31. The maximum Gasteiger partial charge on any atom is 0.279 e. The molecule has 1 aliphatic rings. The molecule has 3 rings (SSSR count). The Morgan fingerprint density at radius 3 is 2.67 bits per heavy atom. The summed E-state index contributed by atoms with van der Waals surface area (Å²) in [5, 5.41) is 4.53. The molecule has 0 aliphatic heterocycles. The molecule has 24 heavy (non-hydrogen) atoms. The van der Waals surface area contributed by atoms with Gasteiger partial charge in [0.25, 0.3) is 10.2 Å². The molecule has 1 aromatic carbocycles. The van der Waals surface area contributed by atoms with E-state index >= 15 is 0 Å². The van der Waals surface area contributed by atoms with E-state index in [1.165, 1.54) is 29.5 Å². The Hall–Kier alpha value is -1.70. The van der Waals surface area contributed by atoms with Crippen LogP contribution in [0.25, 0.3) is 5.69 Å². The Labute approximate surface area is 143 Å². The summed E-state index contributed by atoms with van der Waals surface area (Å²) in [5.74, 6) is 0. The molecule has 0 amide bonds. The lowest BCUT2D eigenvalue weighted by Gasteiger charge is -2.25. The second-order valence-electron chi connectivity index (χ2n) is 6.58. The SMILES string of the molecule is Cc1ccc(-n2ncc3c2CCC[C@@H]3NS(=O)(=O)N(C)C)cc1C. The van der Waals surface area contributed by atoms with Crippen LogP contribution in [0.1, 0.15) is 41.3 Å². The van der Waals surface area contributed by atoms with Gasteiger partial charge in [0.05, 0.1) is 17.9 Å². The maximum atomic E-state index is 12.2. The molecule has 0 unspecified atom stereocenters. The van der Waals surface area contributed by atoms with Crippen LogP contribution in [-0.4, -0.2) is 36.6 Å². The molecule has 1 aromatic heterocycles. The van der Waals surface area contributed by atoms with Gasteiger partial charge in [0.15, 0.2) is 0 Å². The van der Waals surface area contributed by atoms with Gasteiger partial charge in [0.1, 0.15) is 0 Å². The van der Waals surface area contributed by atoms with Crippen LogP contribution in [0, 0.1) is 13.8 Å². The predicted molar refractivity (Wildman–Crippen MR) is 94.5 cm³/mol. The summed E-state index contributed by atoms with van der Waals surface area (Å²) in [5.41, 5.74) is 5.56. The Morgan fingerprint density at radius 1 is 1.25 bits per heavy atom. The number of nitrogens with zero attached hydrogens (tertiary/aromatic N) is 3. The molecule has 0 bridgehead atoms. The van der Waals surface area contributed by atoms with E-state index in [9.17, 15) is 8.42 Å². The van der Waals surface area contributed by atoms with E-state index in [0.29, 0.717) is 0 Å². The Kier molecular flexibility index (Phi) is 4.50. The van der Waals surface area contributed by atoms with Crippen molar-refractivity contribution in [1.29, 1.82) is 0 Å². The van der Waals surface area contributed by atoms with Gasteiger partial charge in [-0.2, -0.15) is 22.5 Å². The fourth-order valence-electron chi connectivity index (χ4n) is 3.04. The topological polar surface area (TPSA) is 67.2 Å². The molecule has 1 aliphatic carbocycles. The largest absolute Gasteiger partial charge is 0.279 e. The molecule has 6 nitrogen and oxygen atoms in total. The van der Waals surface area contributed by atoms with Gasteiger partial charge in [-0.1, -0.05) is 6.07 Å². The first-order chi connectivity index (χ1) is 11.3. The third-order valence-corrected chi connectivity index (χ3v) is 6.23. The number of nitrogens with one attached hydrogen (secondary N) is 1. The highest BCUT2D eigenvalue weighted by molar-refractivity contribution is 7.87. The normalized spacial score (nSPS) is 18.0. The fraction of sp³-hybridized carbons (Fsp3) is 0.471. The van der Waals surface area contributed by atoms with Gasteiger partial charge >= 0.3 is 0 Å². The second-order valence-corrected chi connectivity index (χ2v) is 8.49. The van der Waals surface area contributed by atoms with Crippen molar-refractivity contribution < 1.29 is 8.42 Å². The molecule has 7 heteroatoms. The molecule has 0 saturated heterocycles. The summed E-state index contributed by atoms with van der Waals surface area (Å²) < 4.78 is 30.2. The highest BCUT2D eigenvalue weighted by Gasteiger charge is 2.28. The molecule has 130 valence electrons. The third-order valence-electron chi connectivity index (χ3n) is 4.69. The molecule has 1 atom stereocenters. The summed E-state index contributed by atoms with van der Waals surface area (Å²) >= 11 is 0. The van der Waals surface area contributed by atoms with E-state index in [1.807, 2.05) is 4.68 Å². The molecular weight excluding hydrogens is 324 g/mol. The number of aryl methyl sites for hydroxylation is 2. The minimum absolute atomic E-state index is 0.221. The first kappa shape index (κ1) is 17.1. The Bertz CT molecular complexity index is 855. The summed E-state index contributed by atoms with van der Waals surface area (Å²) in [6.45, 7) is 4.17. The first-order valence-corrected chi connectivity index (χ1v) is 9.58. The van der Waals surface area contributed by atoms with Crippen molar-refractivity contribution >= 4 is 10.2 Å². The van der Waals surface area contributed by atoms with Gasteiger partial charge in [-0.15, -0.1) is 0 Å². The predicted octanol–water partition coefficient (Wildman–Crippen LogP) is 2.26. The highest BCUT2D eigenvalue weighted by atomic mass is 32.2. The van der Waals surface area contributed by atoms with Crippen LogP contribution in [0.15, 0.2) is 24.4 Å². The lowest BCUT2D eigenvalue weighted by atomic mass is 9.93. The average Bonchev–Trinajstić information content (AvgIpc) is 2.95. The molecule has 0 spiro atoms. The van der Waals surface area contributed by atoms with Crippen molar-refractivity contribution in [2.45, 2.75) is 39.2 Å². The van der Waals surface area contributed by atoms with Crippen LogP contribution >= 0.6 is 0 Å².